The Balaban J connectivity index is 2.19. The Labute approximate surface area is 115 Å². The van der Waals surface area contributed by atoms with Gasteiger partial charge < -0.3 is 11.1 Å². The molecule has 104 valence electrons. The van der Waals surface area contributed by atoms with E-state index in [1.807, 2.05) is 13.0 Å². The summed E-state index contributed by atoms with van der Waals surface area (Å²) in [4.78, 5) is 11.9. The minimum absolute atomic E-state index is 0.0505. The molecule has 2 rings (SSSR count). The fourth-order valence-corrected chi connectivity index (χ4v) is 2.91. The van der Waals surface area contributed by atoms with Crippen molar-refractivity contribution in [2.75, 3.05) is 0 Å². The van der Waals surface area contributed by atoms with Crippen LogP contribution in [0.2, 0.25) is 0 Å². The Kier molecular flexibility index (Phi) is 3.95. The van der Waals surface area contributed by atoms with Crippen molar-refractivity contribution in [3.8, 4) is 0 Å². The van der Waals surface area contributed by atoms with Crippen LogP contribution in [0.25, 0.3) is 0 Å². The van der Waals surface area contributed by atoms with Crippen LogP contribution in [0.3, 0.4) is 0 Å². The molecule has 1 aliphatic carbocycles. The van der Waals surface area contributed by atoms with Crippen molar-refractivity contribution in [2.24, 2.45) is 5.73 Å². The Morgan fingerprint density at radius 2 is 2.16 bits per heavy atom. The molecular formula is C16H24N2O. The van der Waals surface area contributed by atoms with Crippen LogP contribution in [0.5, 0.6) is 0 Å². The number of amides is 1. The van der Waals surface area contributed by atoms with Crippen molar-refractivity contribution in [1.82, 2.24) is 5.32 Å². The molecule has 0 bridgehead atoms. The normalized spacial score (nSPS) is 22.4. The van der Waals surface area contributed by atoms with Crippen molar-refractivity contribution in [2.45, 2.75) is 57.5 Å². The van der Waals surface area contributed by atoms with Crippen LogP contribution in [0, 0.1) is 0 Å². The fraction of sp³-hybridized carbons (Fsp3) is 0.562. The van der Waals surface area contributed by atoms with Crippen LogP contribution in [0.1, 0.15) is 57.2 Å². The van der Waals surface area contributed by atoms with Gasteiger partial charge in [-0.3, -0.25) is 4.79 Å². The predicted octanol–water partition coefficient (Wildman–Crippen LogP) is 2.65. The van der Waals surface area contributed by atoms with Gasteiger partial charge in [0.25, 0.3) is 0 Å². The Morgan fingerprint density at radius 3 is 2.84 bits per heavy atom. The van der Waals surface area contributed by atoms with Crippen molar-refractivity contribution < 1.29 is 4.79 Å². The summed E-state index contributed by atoms with van der Waals surface area (Å²) in [5.74, 6) is 0.0505. The Hall–Kier alpha value is -1.35. The second-order valence-corrected chi connectivity index (χ2v) is 6.31. The van der Waals surface area contributed by atoms with E-state index in [9.17, 15) is 4.79 Å². The lowest BCUT2D eigenvalue weighted by Gasteiger charge is -2.37. The Bertz CT molecular complexity index is 466. The van der Waals surface area contributed by atoms with E-state index in [1.165, 1.54) is 11.1 Å². The third kappa shape index (κ3) is 3.16. The zero-order chi connectivity index (χ0) is 14.0. The third-order valence-corrected chi connectivity index (χ3v) is 3.97. The monoisotopic (exact) mass is 260 g/mol. The number of rotatable bonds is 3. The van der Waals surface area contributed by atoms with E-state index in [0.717, 1.165) is 12.8 Å². The summed E-state index contributed by atoms with van der Waals surface area (Å²) in [6.07, 6.45) is 2.48. The zero-order valence-corrected chi connectivity index (χ0v) is 12.1. The first-order valence-electron chi connectivity index (χ1n) is 7.04. The topological polar surface area (TPSA) is 55.1 Å². The lowest BCUT2D eigenvalue weighted by atomic mass is 9.71. The maximum absolute atomic E-state index is 11.9. The van der Waals surface area contributed by atoms with E-state index in [4.69, 9.17) is 5.73 Å². The van der Waals surface area contributed by atoms with Crippen LogP contribution in [-0.4, -0.2) is 11.9 Å². The highest BCUT2D eigenvalue weighted by Crippen LogP contribution is 2.41. The first-order valence-corrected chi connectivity index (χ1v) is 7.04. The fourth-order valence-electron chi connectivity index (χ4n) is 2.91. The maximum atomic E-state index is 11.9. The molecule has 0 aromatic heterocycles. The average Bonchev–Trinajstić information content (AvgIpc) is 2.32. The van der Waals surface area contributed by atoms with Crippen molar-refractivity contribution in [3.05, 3.63) is 35.4 Å². The molecule has 1 aromatic rings. The molecule has 0 radical (unpaired) electrons. The van der Waals surface area contributed by atoms with Gasteiger partial charge in [-0.25, -0.2) is 0 Å². The molecule has 0 heterocycles. The van der Waals surface area contributed by atoms with Crippen LogP contribution >= 0.6 is 0 Å². The van der Waals surface area contributed by atoms with E-state index in [-0.39, 0.29) is 23.4 Å². The van der Waals surface area contributed by atoms with Crippen molar-refractivity contribution in [1.29, 1.82) is 0 Å². The number of carbonyl (C=O) groups is 1. The molecule has 1 aromatic carbocycles. The van der Waals surface area contributed by atoms with Crippen LogP contribution in [-0.2, 0) is 10.2 Å². The third-order valence-electron chi connectivity index (χ3n) is 3.97. The minimum Gasteiger partial charge on any atom is -0.349 e. The highest BCUT2D eigenvalue weighted by molar-refractivity contribution is 5.77. The zero-order valence-electron chi connectivity index (χ0n) is 12.1. The molecule has 0 aliphatic heterocycles. The van der Waals surface area contributed by atoms with E-state index in [2.05, 4.69) is 37.4 Å². The standard InChI is InChI=1S/C16H24N2O/c1-11(17)10-15(19)18-14-8-9-16(2,3)13-7-5-4-6-12(13)14/h4-7,11,14H,8-10,17H2,1-3H3,(H,18,19). The summed E-state index contributed by atoms with van der Waals surface area (Å²) in [7, 11) is 0. The molecule has 3 nitrogen and oxygen atoms in total. The molecular weight excluding hydrogens is 236 g/mol. The van der Waals surface area contributed by atoms with E-state index >= 15 is 0 Å². The SMILES string of the molecule is CC(N)CC(=O)NC1CCC(C)(C)c2ccccc21. The molecule has 0 saturated heterocycles. The number of benzene rings is 1. The number of hydrogen-bond acceptors (Lipinski definition) is 2. The molecule has 1 amide bonds. The molecule has 2 unspecified atom stereocenters. The van der Waals surface area contributed by atoms with Gasteiger partial charge in [0.15, 0.2) is 0 Å². The average molecular weight is 260 g/mol. The molecule has 3 heteroatoms. The molecule has 1 aliphatic rings. The highest BCUT2D eigenvalue weighted by Gasteiger charge is 2.32. The summed E-state index contributed by atoms with van der Waals surface area (Å²) in [6, 6.07) is 8.48. The predicted molar refractivity (Wildman–Crippen MR) is 77.9 cm³/mol. The summed E-state index contributed by atoms with van der Waals surface area (Å²) in [6.45, 7) is 6.40. The summed E-state index contributed by atoms with van der Waals surface area (Å²) < 4.78 is 0. The lowest BCUT2D eigenvalue weighted by molar-refractivity contribution is -0.122. The van der Waals surface area contributed by atoms with Gasteiger partial charge in [-0.2, -0.15) is 0 Å². The second kappa shape index (κ2) is 5.33. The van der Waals surface area contributed by atoms with Crippen molar-refractivity contribution in [3.63, 3.8) is 0 Å². The highest BCUT2D eigenvalue weighted by atomic mass is 16.1. The molecule has 0 saturated carbocycles. The quantitative estimate of drug-likeness (QED) is 0.878. The van der Waals surface area contributed by atoms with Gasteiger partial charge in [0.1, 0.15) is 0 Å². The van der Waals surface area contributed by atoms with Crippen LogP contribution in [0.15, 0.2) is 24.3 Å². The summed E-state index contributed by atoms with van der Waals surface area (Å²) >= 11 is 0. The largest absolute Gasteiger partial charge is 0.349 e. The lowest BCUT2D eigenvalue weighted by Crippen LogP contribution is -2.37. The molecule has 2 atom stereocenters. The smallest absolute Gasteiger partial charge is 0.222 e. The Morgan fingerprint density at radius 1 is 1.47 bits per heavy atom. The van der Waals surface area contributed by atoms with Gasteiger partial charge in [0.05, 0.1) is 6.04 Å². The van der Waals surface area contributed by atoms with Gasteiger partial charge in [-0.05, 0) is 36.3 Å². The first-order chi connectivity index (χ1) is 8.90. The molecule has 19 heavy (non-hydrogen) atoms. The van der Waals surface area contributed by atoms with Gasteiger partial charge in [0.2, 0.25) is 5.91 Å². The number of nitrogens with two attached hydrogens (primary N) is 1. The van der Waals surface area contributed by atoms with Gasteiger partial charge in [-0.1, -0.05) is 38.1 Å². The van der Waals surface area contributed by atoms with E-state index in [0.29, 0.717) is 6.42 Å². The summed E-state index contributed by atoms with van der Waals surface area (Å²) in [5, 5.41) is 3.13. The number of nitrogens with one attached hydrogen (secondary N) is 1. The molecule has 0 spiro atoms. The number of hydrogen-bond donors (Lipinski definition) is 2. The first kappa shape index (κ1) is 14.1. The maximum Gasteiger partial charge on any atom is 0.222 e. The van der Waals surface area contributed by atoms with Gasteiger partial charge >= 0.3 is 0 Å². The van der Waals surface area contributed by atoms with E-state index in [1.54, 1.807) is 0 Å². The number of fused-ring (bicyclic) bond motifs is 1. The second-order valence-electron chi connectivity index (χ2n) is 6.31. The van der Waals surface area contributed by atoms with Crippen molar-refractivity contribution >= 4 is 5.91 Å². The van der Waals surface area contributed by atoms with Crippen LogP contribution < -0.4 is 11.1 Å². The molecule has 3 N–H and O–H groups in total. The van der Waals surface area contributed by atoms with Crippen LogP contribution in [0.4, 0.5) is 0 Å². The number of carbonyl (C=O) groups excluding carboxylic acids is 1. The van der Waals surface area contributed by atoms with Gasteiger partial charge in [0, 0.05) is 12.5 Å². The molecule has 0 fully saturated rings. The van der Waals surface area contributed by atoms with E-state index < -0.39 is 0 Å². The summed E-state index contributed by atoms with van der Waals surface area (Å²) in [5.41, 5.74) is 8.48. The van der Waals surface area contributed by atoms with Gasteiger partial charge in [-0.15, -0.1) is 0 Å². The minimum atomic E-state index is -0.0877.